The van der Waals surface area contributed by atoms with Gasteiger partial charge in [-0.1, -0.05) is 85.8 Å². The maximum absolute atomic E-state index is 13.5. The van der Waals surface area contributed by atoms with Crippen molar-refractivity contribution >= 4 is 0 Å². The molecule has 0 amide bonds. The Kier molecular flexibility index (Phi) is 5.71. The van der Waals surface area contributed by atoms with Gasteiger partial charge >= 0.3 is 0 Å². The highest BCUT2D eigenvalue weighted by atomic mass is 19.2. The largest absolute Gasteiger partial charge is 0.204 e. The summed E-state index contributed by atoms with van der Waals surface area (Å²) in [6, 6.07) is 28.3. The minimum absolute atomic E-state index is 0.309. The molecule has 150 valence electrons. The van der Waals surface area contributed by atoms with Gasteiger partial charge in [0.1, 0.15) is 0 Å². The van der Waals surface area contributed by atoms with E-state index in [2.05, 4.69) is 55.5 Å². The zero-order valence-corrected chi connectivity index (χ0v) is 16.6. The van der Waals surface area contributed by atoms with E-state index in [0.717, 1.165) is 29.7 Å². The van der Waals surface area contributed by atoms with Crippen molar-refractivity contribution in [1.82, 2.24) is 0 Å². The van der Waals surface area contributed by atoms with Gasteiger partial charge in [-0.25, -0.2) is 13.2 Å². The van der Waals surface area contributed by atoms with Crippen LogP contribution in [0, 0.1) is 17.5 Å². The fraction of sp³-hybridized carbons (Fsp3) is 0.111. The smallest absolute Gasteiger partial charge is 0.194 e. The highest BCUT2D eigenvalue weighted by molar-refractivity contribution is 5.70. The molecule has 1 atom stereocenters. The van der Waals surface area contributed by atoms with Gasteiger partial charge in [-0.3, -0.25) is 0 Å². The standard InChI is InChI=1S/C27H21F3/c1-18(20-5-3-2-4-6-20)15-19-7-9-21(10-8-19)22-11-13-23(14-12-22)24-16-25(28)27(30)26(29)17-24/h2-14,16-18H,15H2,1H3/t18-/m0/s1. The van der Waals surface area contributed by atoms with Crippen molar-refractivity contribution < 1.29 is 13.2 Å². The van der Waals surface area contributed by atoms with Gasteiger partial charge in [-0.05, 0) is 57.9 Å². The molecule has 0 bridgehead atoms. The predicted molar refractivity (Wildman–Crippen MR) is 116 cm³/mol. The average molecular weight is 402 g/mol. The number of halogens is 3. The molecule has 0 spiro atoms. The number of benzene rings is 4. The van der Waals surface area contributed by atoms with Crippen LogP contribution in [-0.4, -0.2) is 0 Å². The minimum Gasteiger partial charge on any atom is -0.204 e. The summed E-state index contributed by atoms with van der Waals surface area (Å²) in [5.41, 5.74) is 5.60. The molecule has 0 aliphatic heterocycles. The molecule has 4 aromatic rings. The average Bonchev–Trinajstić information content (AvgIpc) is 2.78. The summed E-state index contributed by atoms with van der Waals surface area (Å²) in [6.07, 6.45) is 0.963. The van der Waals surface area contributed by atoms with Gasteiger partial charge in [0.05, 0.1) is 0 Å². The normalized spacial score (nSPS) is 12.0. The van der Waals surface area contributed by atoms with Gasteiger partial charge in [0, 0.05) is 0 Å². The van der Waals surface area contributed by atoms with Crippen LogP contribution in [0.3, 0.4) is 0 Å². The van der Waals surface area contributed by atoms with E-state index in [1.807, 2.05) is 18.2 Å². The Morgan fingerprint density at radius 2 is 1.07 bits per heavy atom. The Labute approximate surface area is 174 Å². The molecule has 4 aromatic carbocycles. The molecule has 0 fully saturated rings. The van der Waals surface area contributed by atoms with Crippen LogP contribution in [0.2, 0.25) is 0 Å². The molecule has 4 rings (SSSR count). The highest BCUT2D eigenvalue weighted by Crippen LogP contribution is 2.28. The van der Waals surface area contributed by atoms with Gasteiger partial charge in [0.25, 0.3) is 0 Å². The third-order valence-corrected chi connectivity index (χ3v) is 5.40. The maximum Gasteiger partial charge on any atom is 0.194 e. The lowest BCUT2D eigenvalue weighted by molar-refractivity contribution is 0.448. The molecule has 30 heavy (non-hydrogen) atoms. The molecule has 0 aliphatic carbocycles. The van der Waals surface area contributed by atoms with Crippen LogP contribution in [0.15, 0.2) is 91.0 Å². The first-order valence-electron chi connectivity index (χ1n) is 9.90. The first-order chi connectivity index (χ1) is 14.5. The Hall–Kier alpha value is -3.33. The van der Waals surface area contributed by atoms with Crippen molar-refractivity contribution in [1.29, 1.82) is 0 Å². The topological polar surface area (TPSA) is 0 Å². The third kappa shape index (κ3) is 4.30. The van der Waals surface area contributed by atoms with Gasteiger partial charge < -0.3 is 0 Å². The third-order valence-electron chi connectivity index (χ3n) is 5.40. The van der Waals surface area contributed by atoms with Crippen molar-refractivity contribution in [2.75, 3.05) is 0 Å². The van der Waals surface area contributed by atoms with Crippen molar-refractivity contribution in [3.8, 4) is 22.3 Å². The van der Waals surface area contributed by atoms with E-state index < -0.39 is 17.5 Å². The second-order valence-corrected chi connectivity index (χ2v) is 7.54. The molecule has 0 saturated heterocycles. The molecule has 0 heterocycles. The number of hydrogen-bond acceptors (Lipinski definition) is 0. The zero-order chi connectivity index (χ0) is 21.1. The summed E-state index contributed by atoms with van der Waals surface area (Å²) in [5, 5.41) is 0. The summed E-state index contributed by atoms with van der Waals surface area (Å²) < 4.78 is 40.2. The molecule has 0 aromatic heterocycles. The van der Waals surface area contributed by atoms with Crippen LogP contribution < -0.4 is 0 Å². The highest BCUT2D eigenvalue weighted by Gasteiger charge is 2.12. The second kappa shape index (κ2) is 8.58. The fourth-order valence-corrected chi connectivity index (χ4v) is 3.66. The molecular formula is C27H21F3. The fourth-order valence-electron chi connectivity index (χ4n) is 3.66. The lowest BCUT2D eigenvalue weighted by atomic mass is 9.92. The van der Waals surface area contributed by atoms with E-state index in [0.29, 0.717) is 17.0 Å². The first-order valence-corrected chi connectivity index (χ1v) is 9.90. The maximum atomic E-state index is 13.5. The van der Waals surface area contributed by atoms with Crippen LogP contribution >= 0.6 is 0 Å². The van der Waals surface area contributed by atoms with E-state index in [1.165, 1.54) is 11.1 Å². The van der Waals surface area contributed by atoms with Gasteiger partial charge in [0.2, 0.25) is 0 Å². The summed E-state index contributed by atoms with van der Waals surface area (Å²) in [6.45, 7) is 2.23. The van der Waals surface area contributed by atoms with Crippen LogP contribution in [0.25, 0.3) is 22.3 Å². The quantitative estimate of drug-likeness (QED) is 0.299. The van der Waals surface area contributed by atoms with Crippen LogP contribution in [0.1, 0.15) is 24.0 Å². The molecule has 0 aliphatic rings. The molecule has 3 heteroatoms. The lowest BCUT2D eigenvalue weighted by Gasteiger charge is -2.12. The Bertz CT molecular complexity index is 1110. The number of rotatable bonds is 5. The SMILES string of the molecule is C[C@@H](Cc1ccc(-c2ccc(-c3cc(F)c(F)c(F)c3)cc2)cc1)c1ccccc1. The predicted octanol–water partition coefficient (Wildman–Crippen LogP) is 7.78. The summed E-state index contributed by atoms with van der Waals surface area (Å²) >= 11 is 0. The molecule has 0 N–H and O–H groups in total. The van der Waals surface area contributed by atoms with E-state index in [9.17, 15) is 13.2 Å². The summed E-state index contributed by atoms with van der Waals surface area (Å²) in [4.78, 5) is 0. The lowest BCUT2D eigenvalue weighted by Crippen LogP contribution is -1.98. The van der Waals surface area contributed by atoms with Crippen molar-refractivity contribution in [3.63, 3.8) is 0 Å². The van der Waals surface area contributed by atoms with Crippen LogP contribution in [0.5, 0.6) is 0 Å². The molecule has 0 radical (unpaired) electrons. The van der Waals surface area contributed by atoms with Crippen molar-refractivity contribution in [3.05, 3.63) is 120 Å². The summed E-state index contributed by atoms with van der Waals surface area (Å²) in [7, 11) is 0. The van der Waals surface area contributed by atoms with Crippen LogP contribution in [0.4, 0.5) is 13.2 Å². The Morgan fingerprint density at radius 1 is 0.600 bits per heavy atom. The second-order valence-electron chi connectivity index (χ2n) is 7.54. The Balaban J connectivity index is 1.49. The molecule has 0 saturated carbocycles. The molecule has 0 unspecified atom stereocenters. The van der Waals surface area contributed by atoms with Crippen molar-refractivity contribution in [2.24, 2.45) is 0 Å². The number of hydrogen-bond donors (Lipinski definition) is 0. The minimum atomic E-state index is -1.45. The van der Waals surface area contributed by atoms with E-state index >= 15 is 0 Å². The van der Waals surface area contributed by atoms with E-state index in [-0.39, 0.29) is 0 Å². The monoisotopic (exact) mass is 402 g/mol. The first kappa shape index (κ1) is 20.0. The van der Waals surface area contributed by atoms with Gasteiger partial charge in [-0.15, -0.1) is 0 Å². The zero-order valence-electron chi connectivity index (χ0n) is 16.6. The Morgan fingerprint density at radius 3 is 1.60 bits per heavy atom. The van der Waals surface area contributed by atoms with E-state index in [4.69, 9.17) is 0 Å². The van der Waals surface area contributed by atoms with Gasteiger partial charge in [0.15, 0.2) is 17.5 Å². The summed E-state index contributed by atoms with van der Waals surface area (Å²) in [5.74, 6) is -3.38. The van der Waals surface area contributed by atoms with E-state index in [1.54, 1.807) is 12.1 Å². The molecular weight excluding hydrogens is 381 g/mol. The van der Waals surface area contributed by atoms with Crippen molar-refractivity contribution in [2.45, 2.75) is 19.3 Å². The molecule has 0 nitrogen and oxygen atoms in total. The van der Waals surface area contributed by atoms with Gasteiger partial charge in [-0.2, -0.15) is 0 Å². The van der Waals surface area contributed by atoms with Crippen LogP contribution in [-0.2, 0) is 6.42 Å².